The van der Waals surface area contributed by atoms with E-state index in [0.29, 0.717) is 24.7 Å². The van der Waals surface area contributed by atoms with E-state index in [-0.39, 0.29) is 17.8 Å². The highest BCUT2D eigenvalue weighted by atomic mass is 19.1. The smallest absolute Gasteiger partial charge is 0.270 e. The Balaban J connectivity index is 1.41. The normalized spacial score (nSPS) is 16.5. The average molecular weight is 365 g/mol. The van der Waals surface area contributed by atoms with Gasteiger partial charge >= 0.3 is 0 Å². The van der Waals surface area contributed by atoms with Gasteiger partial charge in [-0.25, -0.2) is 9.37 Å². The van der Waals surface area contributed by atoms with Crippen LogP contribution < -0.4 is 4.74 Å². The number of hydrogen-bond acceptors (Lipinski definition) is 3. The number of nitrogens with one attached hydrogen (secondary N) is 1. The lowest BCUT2D eigenvalue weighted by Gasteiger charge is -2.16. The number of benzene rings is 1. The topological polar surface area (TPSA) is 58.2 Å². The van der Waals surface area contributed by atoms with Crippen LogP contribution in [0.5, 0.6) is 5.88 Å². The molecule has 5 nitrogen and oxygen atoms in total. The van der Waals surface area contributed by atoms with Crippen LogP contribution in [0.15, 0.2) is 54.7 Å². The second-order valence-corrected chi connectivity index (χ2v) is 6.71. The molecule has 138 valence electrons. The lowest BCUT2D eigenvalue weighted by atomic mass is 10.1. The highest BCUT2D eigenvalue weighted by molar-refractivity contribution is 5.94. The molecule has 1 aliphatic rings. The third-order valence-corrected chi connectivity index (χ3v) is 4.67. The minimum Gasteiger partial charge on any atom is -0.472 e. The van der Waals surface area contributed by atoms with E-state index in [2.05, 4.69) is 9.97 Å². The molecule has 3 aromatic rings. The number of rotatable bonds is 4. The quantitative estimate of drug-likeness (QED) is 0.765. The number of aromatic nitrogens is 2. The third kappa shape index (κ3) is 3.84. The van der Waals surface area contributed by atoms with Crippen molar-refractivity contribution in [3.05, 3.63) is 71.9 Å². The summed E-state index contributed by atoms with van der Waals surface area (Å²) < 4.78 is 19.0. The Morgan fingerprint density at radius 2 is 2.04 bits per heavy atom. The summed E-state index contributed by atoms with van der Waals surface area (Å²) in [6.07, 6.45) is 2.48. The summed E-state index contributed by atoms with van der Waals surface area (Å²) in [5.41, 5.74) is 3.14. The number of halogens is 1. The second kappa shape index (κ2) is 7.23. The minimum absolute atomic E-state index is 0.0604. The van der Waals surface area contributed by atoms with Crippen LogP contribution in [0.2, 0.25) is 0 Å². The van der Waals surface area contributed by atoms with Gasteiger partial charge in [0.05, 0.1) is 6.54 Å². The Morgan fingerprint density at radius 1 is 1.22 bits per heavy atom. The summed E-state index contributed by atoms with van der Waals surface area (Å²) in [5, 5.41) is 0. The van der Waals surface area contributed by atoms with E-state index in [0.717, 1.165) is 23.2 Å². The molecule has 0 aliphatic carbocycles. The highest BCUT2D eigenvalue weighted by Crippen LogP contribution is 2.23. The van der Waals surface area contributed by atoms with Crippen molar-refractivity contribution < 1.29 is 13.9 Å². The molecule has 1 saturated heterocycles. The molecule has 0 unspecified atom stereocenters. The van der Waals surface area contributed by atoms with Gasteiger partial charge in [-0.15, -0.1) is 0 Å². The molecule has 0 spiro atoms. The van der Waals surface area contributed by atoms with Gasteiger partial charge in [-0.3, -0.25) is 4.79 Å². The number of carbonyl (C=O) groups excluding carboxylic acids is 1. The van der Waals surface area contributed by atoms with Gasteiger partial charge in [0.15, 0.2) is 0 Å². The zero-order valence-electron chi connectivity index (χ0n) is 15.0. The lowest BCUT2D eigenvalue weighted by Crippen LogP contribution is -2.31. The van der Waals surface area contributed by atoms with Gasteiger partial charge in [-0.2, -0.15) is 0 Å². The van der Waals surface area contributed by atoms with Gasteiger partial charge < -0.3 is 14.6 Å². The van der Waals surface area contributed by atoms with Crippen LogP contribution in [-0.2, 0) is 0 Å². The Morgan fingerprint density at radius 3 is 2.81 bits per heavy atom. The van der Waals surface area contributed by atoms with Gasteiger partial charge in [0.1, 0.15) is 17.6 Å². The summed E-state index contributed by atoms with van der Waals surface area (Å²) in [4.78, 5) is 21.9. The van der Waals surface area contributed by atoms with Gasteiger partial charge in [-0.1, -0.05) is 18.2 Å². The number of aromatic amines is 1. The van der Waals surface area contributed by atoms with Crippen LogP contribution in [0, 0.1) is 12.7 Å². The van der Waals surface area contributed by atoms with E-state index < -0.39 is 0 Å². The number of aryl methyl sites for hydroxylation is 1. The Hall–Kier alpha value is -3.15. The first-order chi connectivity index (χ1) is 13.1. The maximum absolute atomic E-state index is 13.1. The molecule has 1 aliphatic heterocycles. The van der Waals surface area contributed by atoms with Crippen LogP contribution in [0.1, 0.15) is 22.6 Å². The maximum atomic E-state index is 13.1. The first-order valence-corrected chi connectivity index (χ1v) is 8.92. The Bertz CT molecular complexity index is 952. The van der Waals surface area contributed by atoms with Crippen molar-refractivity contribution in [3.63, 3.8) is 0 Å². The van der Waals surface area contributed by atoms with Crippen molar-refractivity contribution in [2.24, 2.45) is 0 Å². The van der Waals surface area contributed by atoms with Gasteiger partial charge in [0.2, 0.25) is 5.88 Å². The SMILES string of the molecule is Cc1cccc(O[C@H]2CCN(C(=O)c3cc(-c4ccc(F)cc4)c[nH]3)C2)n1. The summed E-state index contributed by atoms with van der Waals surface area (Å²) in [5.74, 6) is 0.247. The summed E-state index contributed by atoms with van der Waals surface area (Å²) in [7, 11) is 0. The van der Waals surface area contributed by atoms with E-state index >= 15 is 0 Å². The summed E-state index contributed by atoms with van der Waals surface area (Å²) in [6.45, 7) is 3.08. The predicted octanol–water partition coefficient (Wildman–Crippen LogP) is 3.82. The van der Waals surface area contributed by atoms with Crippen molar-refractivity contribution in [1.29, 1.82) is 0 Å². The molecule has 1 amide bonds. The molecule has 27 heavy (non-hydrogen) atoms. The highest BCUT2D eigenvalue weighted by Gasteiger charge is 2.29. The van der Waals surface area contributed by atoms with E-state index in [1.165, 1.54) is 12.1 Å². The monoisotopic (exact) mass is 365 g/mol. The van der Waals surface area contributed by atoms with Crippen molar-refractivity contribution in [2.45, 2.75) is 19.4 Å². The van der Waals surface area contributed by atoms with Crippen LogP contribution in [0.4, 0.5) is 4.39 Å². The number of likely N-dealkylation sites (tertiary alicyclic amines) is 1. The molecule has 0 radical (unpaired) electrons. The fraction of sp³-hybridized carbons (Fsp3) is 0.238. The third-order valence-electron chi connectivity index (χ3n) is 4.67. The zero-order valence-corrected chi connectivity index (χ0v) is 15.0. The zero-order chi connectivity index (χ0) is 18.8. The van der Waals surface area contributed by atoms with Crippen molar-refractivity contribution >= 4 is 5.91 Å². The summed E-state index contributed by atoms with van der Waals surface area (Å²) >= 11 is 0. The molecule has 1 N–H and O–H groups in total. The molecule has 2 aromatic heterocycles. The van der Waals surface area contributed by atoms with Crippen LogP contribution in [0.25, 0.3) is 11.1 Å². The Labute approximate surface area is 156 Å². The average Bonchev–Trinajstić information content (AvgIpc) is 3.32. The number of carbonyl (C=O) groups is 1. The first-order valence-electron chi connectivity index (χ1n) is 8.92. The van der Waals surface area contributed by atoms with Crippen LogP contribution >= 0.6 is 0 Å². The lowest BCUT2D eigenvalue weighted by molar-refractivity contribution is 0.0766. The van der Waals surface area contributed by atoms with Gasteiger partial charge in [0.25, 0.3) is 5.91 Å². The second-order valence-electron chi connectivity index (χ2n) is 6.71. The van der Waals surface area contributed by atoms with Gasteiger partial charge in [0, 0.05) is 30.9 Å². The molecule has 6 heteroatoms. The number of amides is 1. The van der Waals surface area contributed by atoms with Gasteiger partial charge in [-0.05, 0) is 42.3 Å². The predicted molar refractivity (Wildman–Crippen MR) is 100 cm³/mol. The number of H-pyrrole nitrogens is 1. The minimum atomic E-state index is -0.281. The molecule has 4 rings (SSSR count). The van der Waals surface area contributed by atoms with Crippen molar-refractivity contribution in [1.82, 2.24) is 14.9 Å². The molecular formula is C21H20FN3O2. The molecular weight excluding hydrogens is 345 g/mol. The first kappa shape index (κ1) is 17.3. The standard InChI is InChI=1S/C21H20FN3O2/c1-14-3-2-4-20(24-14)27-18-9-10-25(13-18)21(26)19-11-16(12-23-19)15-5-7-17(22)8-6-15/h2-8,11-12,18,23H,9-10,13H2,1H3/t18-/m0/s1. The van der Waals surface area contributed by atoms with E-state index in [1.807, 2.05) is 25.1 Å². The fourth-order valence-corrected chi connectivity index (χ4v) is 3.26. The summed E-state index contributed by atoms with van der Waals surface area (Å²) in [6, 6.07) is 13.7. The number of nitrogens with zero attached hydrogens (tertiary/aromatic N) is 2. The number of pyridine rings is 1. The number of ether oxygens (including phenoxy) is 1. The Kier molecular flexibility index (Phi) is 4.62. The van der Waals surface area contributed by atoms with Crippen molar-refractivity contribution in [3.8, 4) is 17.0 Å². The molecule has 0 bridgehead atoms. The van der Waals surface area contributed by atoms with Crippen LogP contribution in [0.3, 0.4) is 0 Å². The maximum Gasteiger partial charge on any atom is 0.270 e. The van der Waals surface area contributed by atoms with Crippen LogP contribution in [-0.4, -0.2) is 40.0 Å². The number of hydrogen-bond donors (Lipinski definition) is 1. The van der Waals surface area contributed by atoms with E-state index in [1.54, 1.807) is 29.3 Å². The molecule has 0 saturated carbocycles. The van der Waals surface area contributed by atoms with E-state index in [9.17, 15) is 9.18 Å². The molecule has 1 aromatic carbocycles. The van der Waals surface area contributed by atoms with E-state index in [4.69, 9.17) is 4.74 Å². The van der Waals surface area contributed by atoms with Crippen molar-refractivity contribution in [2.75, 3.05) is 13.1 Å². The fourth-order valence-electron chi connectivity index (χ4n) is 3.26. The largest absolute Gasteiger partial charge is 0.472 e. The molecule has 1 atom stereocenters. The molecule has 1 fully saturated rings. The molecule has 3 heterocycles.